The number of amides is 1. The number of rotatable bonds is 7. The van der Waals surface area contributed by atoms with Gasteiger partial charge in [-0.1, -0.05) is 49.9 Å². The Labute approximate surface area is 238 Å². The van der Waals surface area contributed by atoms with Crippen LogP contribution in [0.4, 0.5) is 21.7 Å². The molecule has 10 heteroatoms. The molecule has 9 nitrogen and oxygen atoms in total. The second kappa shape index (κ2) is 11.7. The van der Waals surface area contributed by atoms with Crippen LogP contribution in [0.2, 0.25) is 0 Å². The van der Waals surface area contributed by atoms with Crippen molar-refractivity contribution in [1.29, 1.82) is 0 Å². The molecule has 6 rings (SSSR count). The Hall–Kier alpha value is -4.31. The van der Waals surface area contributed by atoms with Crippen molar-refractivity contribution in [1.82, 2.24) is 19.9 Å². The number of fused-ring (bicyclic) bond motifs is 1. The first kappa shape index (κ1) is 26.9. The standard InChI is InChI=1S/C31H34FN7O2/c32-25-17-35-31(37-30(25)39-19-24(29(33)41)23-12-5-6-13-26(23)39)36-21-10-7-11-22(16-21)38-15-14-34-18-27(38)28(40)20-8-3-1-2-4-9-20/h5-7,10-13,16-17,19-20,27,34H,1-4,8-9,14-15,18H2,(H2,33,41)(H,35,36,37). The summed E-state index contributed by atoms with van der Waals surface area (Å²) >= 11 is 0. The van der Waals surface area contributed by atoms with Crippen LogP contribution in [0.1, 0.15) is 48.9 Å². The first-order chi connectivity index (χ1) is 20.0. The fraction of sp³-hybridized carbons (Fsp3) is 0.355. The number of piperazine rings is 1. The SMILES string of the molecule is NC(=O)c1cn(-c2nc(Nc3cccc(N4CCNCC4C(=O)C4CCCCCC4)c3)ncc2F)c2ccccc12. The molecular weight excluding hydrogens is 521 g/mol. The van der Waals surface area contributed by atoms with Gasteiger partial charge in [-0.2, -0.15) is 4.98 Å². The van der Waals surface area contributed by atoms with Crippen LogP contribution < -0.4 is 21.3 Å². The van der Waals surface area contributed by atoms with E-state index in [4.69, 9.17) is 5.73 Å². The molecule has 2 aliphatic rings. The number of benzene rings is 2. The van der Waals surface area contributed by atoms with Crippen LogP contribution >= 0.6 is 0 Å². The Bertz CT molecular complexity index is 1580. The lowest BCUT2D eigenvalue weighted by Gasteiger charge is -2.38. The molecule has 1 amide bonds. The van der Waals surface area contributed by atoms with Crippen LogP contribution in [0, 0.1) is 11.7 Å². The number of carbonyl (C=O) groups is 2. The Morgan fingerprint density at radius 3 is 2.66 bits per heavy atom. The lowest BCUT2D eigenvalue weighted by atomic mass is 9.89. The van der Waals surface area contributed by atoms with Crippen molar-refractivity contribution in [2.75, 3.05) is 29.9 Å². The molecule has 0 spiro atoms. The Morgan fingerprint density at radius 1 is 1.05 bits per heavy atom. The van der Waals surface area contributed by atoms with Crippen molar-refractivity contribution in [3.05, 3.63) is 72.3 Å². The summed E-state index contributed by atoms with van der Waals surface area (Å²) in [5.41, 5.74) is 8.12. The minimum Gasteiger partial charge on any atom is -0.366 e. The van der Waals surface area contributed by atoms with Crippen LogP contribution in [-0.2, 0) is 4.79 Å². The van der Waals surface area contributed by atoms with Gasteiger partial charge in [0.05, 0.1) is 17.3 Å². The van der Waals surface area contributed by atoms with Crippen molar-refractivity contribution in [3.63, 3.8) is 0 Å². The molecule has 212 valence electrons. The number of para-hydroxylation sites is 1. The number of carbonyl (C=O) groups excluding carboxylic acids is 2. The molecule has 1 unspecified atom stereocenters. The smallest absolute Gasteiger partial charge is 0.250 e. The lowest BCUT2D eigenvalue weighted by Crippen LogP contribution is -2.56. The lowest BCUT2D eigenvalue weighted by molar-refractivity contribution is -0.124. The number of aromatic nitrogens is 3. The van der Waals surface area contributed by atoms with E-state index in [1.807, 2.05) is 24.3 Å². The molecular formula is C31H34FN7O2. The normalized spacial score (nSPS) is 18.3. The van der Waals surface area contributed by atoms with Crippen molar-refractivity contribution < 1.29 is 14.0 Å². The van der Waals surface area contributed by atoms with Crippen molar-refractivity contribution in [2.24, 2.45) is 11.7 Å². The Morgan fingerprint density at radius 2 is 1.85 bits per heavy atom. The summed E-state index contributed by atoms with van der Waals surface area (Å²) in [7, 11) is 0. The van der Waals surface area contributed by atoms with Gasteiger partial charge in [0.1, 0.15) is 6.04 Å². The number of hydrogen-bond acceptors (Lipinski definition) is 7. The predicted molar refractivity (Wildman–Crippen MR) is 157 cm³/mol. The second-order valence-electron chi connectivity index (χ2n) is 10.8. The van der Waals surface area contributed by atoms with Gasteiger partial charge < -0.3 is 21.3 Å². The molecule has 3 heterocycles. The van der Waals surface area contributed by atoms with Crippen LogP contribution in [-0.4, -0.2) is 51.9 Å². The summed E-state index contributed by atoms with van der Waals surface area (Å²) in [4.78, 5) is 36.5. The average Bonchev–Trinajstić information content (AvgIpc) is 3.17. The molecule has 1 saturated heterocycles. The van der Waals surface area contributed by atoms with E-state index in [2.05, 4.69) is 25.5 Å². The molecule has 1 saturated carbocycles. The number of anilines is 3. The summed E-state index contributed by atoms with van der Waals surface area (Å²) in [5, 5.41) is 7.22. The quantitative estimate of drug-likeness (QED) is 0.283. The minimum atomic E-state index is -0.637. The fourth-order valence-electron chi connectivity index (χ4n) is 6.13. The predicted octanol–water partition coefficient (Wildman–Crippen LogP) is 4.72. The van der Waals surface area contributed by atoms with Gasteiger partial charge >= 0.3 is 0 Å². The van der Waals surface area contributed by atoms with E-state index >= 15 is 4.39 Å². The molecule has 1 aliphatic carbocycles. The summed E-state index contributed by atoms with van der Waals surface area (Å²) in [6.45, 7) is 2.16. The van der Waals surface area contributed by atoms with E-state index in [1.165, 1.54) is 23.6 Å². The zero-order chi connectivity index (χ0) is 28.3. The molecule has 0 bridgehead atoms. The monoisotopic (exact) mass is 555 g/mol. The number of primary amides is 1. The summed E-state index contributed by atoms with van der Waals surface area (Å²) < 4.78 is 16.5. The van der Waals surface area contributed by atoms with Gasteiger partial charge in [-0.05, 0) is 37.1 Å². The molecule has 1 aliphatic heterocycles. The van der Waals surface area contributed by atoms with Gasteiger partial charge in [0.2, 0.25) is 5.95 Å². The molecule has 4 N–H and O–H groups in total. The third kappa shape index (κ3) is 5.52. The fourth-order valence-corrected chi connectivity index (χ4v) is 6.13. The zero-order valence-electron chi connectivity index (χ0n) is 22.9. The molecule has 1 atom stereocenters. The first-order valence-electron chi connectivity index (χ1n) is 14.3. The zero-order valence-corrected chi connectivity index (χ0v) is 22.9. The average molecular weight is 556 g/mol. The summed E-state index contributed by atoms with van der Waals surface area (Å²) in [5.74, 6) is -0.590. The molecule has 2 aromatic heterocycles. The number of hydrogen-bond donors (Lipinski definition) is 3. The summed E-state index contributed by atoms with van der Waals surface area (Å²) in [6.07, 6.45) is 9.23. The van der Waals surface area contributed by atoms with E-state index in [0.29, 0.717) is 23.2 Å². The van der Waals surface area contributed by atoms with Crippen LogP contribution in [0.25, 0.3) is 16.7 Å². The number of halogens is 1. The number of nitrogens with one attached hydrogen (secondary N) is 2. The Balaban J connectivity index is 1.27. The van der Waals surface area contributed by atoms with Gasteiger partial charge in [0.15, 0.2) is 17.4 Å². The van der Waals surface area contributed by atoms with Crippen LogP contribution in [0.3, 0.4) is 0 Å². The largest absolute Gasteiger partial charge is 0.366 e. The van der Waals surface area contributed by atoms with Gasteiger partial charge in [0.25, 0.3) is 5.91 Å². The highest BCUT2D eigenvalue weighted by Crippen LogP contribution is 2.30. The summed E-state index contributed by atoms with van der Waals surface area (Å²) in [6, 6.07) is 14.7. The maximum Gasteiger partial charge on any atom is 0.250 e. The van der Waals surface area contributed by atoms with E-state index < -0.39 is 11.7 Å². The van der Waals surface area contributed by atoms with Crippen molar-refractivity contribution in [3.8, 4) is 5.82 Å². The molecule has 4 aromatic rings. The molecule has 2 aromatic carbocycles. The van der Waals surface area contributed by atoms with Gasteiger partial charge in [-0.3, -0.25) is 14.2 Å². The maximum absolute atomic E-state index is 15.0. The minimum absolute atomic E-state index is 0.00137. The van der Waals surface area contributed by atoms with Gasteiger partial charge in [-0.25, -0.2) is 9.37 Å². The van der Waals surface area contributed by atoms with E-state index in [9.17, 15) is 9.59 Å². The number of nitrogens with two attached hydrogens (primary N) is 1. The van der Waals surface area contributed by atoms with Crippen LogP contribution in [0.15, 0.2) is 60.9 Å². The molecule has 0 radical (unpaired) electrons. The highest BCUT2D eigenvalue weighted by atomic mass is 19.1. The van der Waals surface area contributed by atoms with E-state index in [1.54, 1.807) is 24.3 Å². The maximum atomic E-state index is 15.0. The number of nitrogens with zero attached hydrogens (tertiary/aromatic N) is 4. The highest BCUT2D eigenvalue weighted by molar-refractivity contribution is 6.06. The van der Waals surface area contributed by atoms with Crippen LogP contribution in [0.5, 0.6) is 0 Å². The second-order valence-corrected chi connectivity index (χ2v) is 10.8. The Kier molecular flexibility index (Phi) is 7.65. The third-order valence-corrected chi connectivity index (χ3v) is 8.19. The molecule has 41 heavy (non-hydrogen) atoms. The van der Waals surface area contributed by atoms with E-state index in [0.717, 1.165) is 56.3 Å². The van der Waals surface area contributed by atoms with E-state index in [-0.39, 0.29) is 29.3 Å². The third-order valence-electron chi connectivity index (χ3n) is 8.19. The highest BCUT2D eigenvalue weighted by Gasteiger charge is 2.33. The van der Waals surface area contributed by atoms with Gasteiger partial charge in [0, 0.05) is 48.5 Å². The number of Topliss-reactive ketones (excluding diaryl/α,β-unsaturated/α-hetero) is 1. The first-order valence-corrected chi connectivity index (χ1v) is 14.3. The number of ketones is 1. The topological polar surface area (TPSA) is 118 Å². The van der Waals surface area contributed by atoms with Crippen molar-refractivity contribution in [2.45, 2.75) is 44.6 Å². The van der Waals surface area contributed by atoms with Gasteiger partial charge in [-0.15, -0.1) is 0 Å². The van der Waals surface area contributed by atoms with Crippen molar-refractivity contribution >= 4 is 39.9 Å². The molecule has 2 fully saturated rings.